The Morgan fingerprint density at radius 1 is 1.08 bits per heavy atom. The molecular weight excluding hydrogens is 320 g/mol. The summed E-state index contributed by atoms with van der Waals surface area (Å²) in [4.78, 5) is 11.6. The number of benzene rings is 3. The summed E-state index contributed by atoms with van der Waals surface area (Å²) in [5.41, 5.74) is 3.38. The number of aryl methyl sites for hydroxylation is 1. The van der Waals surface area contributed by atoms with E-state index in [9.17, 15) is 4.79 Å². The van der Waals surface area contributed by atoms with Gasteiger partial charge in [0.1, 0.15) is 0 Å². The highest BCUT2D eigenvalue weighted by Crippen LogP contribution is 2.39. The lowest BCUT2D eigenvalue weighted by molar-refractivity contribution is -0.139. The van der Waals surface area contributed by atoms with Crippen molar-refractivity contribution in [3.05, 3.63) is 71.8 Å². The monoisotopic (exact) mass is 344 g/mol. The van der Waals surface area contributed by atoms with Crippen LogP contribution in [0.3, 0.4) is 0 Å². The first-order valence-corrected chi connectivity index (χ1v) is 9.41. The molecule has 1 aliphatic carbocycles. The molecule has 1 atom stereocenters. The maximum Gasteiger partial charge on any atom is 0.333 e. The zero-order valence-electron chi connectivity index (χ0n) is 15.3. The van der Waals surface area contributed by atoms with Crippen molar-refractivity contribution in [3.8, 4) is 0 Å². The topological polar surface area (TPSA) is 26.3 Å². The van der Waals surface area contributed by atoms with Crippen LogP contribution in [0, 0.1) is 0 Å². The Kier molecular flexibility index (Phi) is 4.50. The summed E-state index contributed by atoms with van der Waals surface area (Å²) in [7, 11) is 0. The molecule has 0 amide bonds. The Labute approximate surface area is 154 Å². The van der Waals surface area contributed by atoms with Gasteiger partial charge in [-0.2, -0.15) is 0 Å². The molecule has 4 rings (SSSR count). The number of esters is 1. The van der Waals surface area contributed by atoms with E-state index in [-0.39, 0.29) is 5.97 Å². The Balaban J connectivity index is 1.66. The second-order valence-electron chi connectivity index (χ2n) is 7.31. The first kappa shape index (κ1) is 16.8. The van der Waals surface area contributed by atoms with Gasteiger partial charge in [0, 0.05) is 5.57 Å². The second-order valence-corrected chi connectivity index (χ2v) is 7.31. The van der Waals surface area contributed by atoms with E-state index < -0.39 is 0 Å². The predicted molar refractivity (Wildman–Crippen MR) is 108 cm³/mol. The Morgan fingerprint density at radius 3 is 2.73 bits per heavy atom. The number of carbonyl (C=O) groups is 1. The smallest absolute Gasteiger partial charge is 0.333 e. The zero-order valence-corrected chi connectivity index (χ0v) is 15.3. The minimum atomic E-state index is -0.286. The normalized spacial score (nSPS) is 16.4. The first-order valence-electron chi connectivity index (χ1n) is 9.41. The molecule has 1 unspecified atom stereocenters. The van der Waals surface area contributed by atoms with Gasteiger partial charge in [-0.05, 0) is 71.2 Å². The lowest BCUT2D eigenvalue weighted by Crippen LogP contribution is -2.14. The highest BCUT2D eigenvalue weighted by Gasteiger charge is 2.22. The molecule has 0 saturated heterocycles. The first-order chi connectivity index (χ1) is 12.6. The van der Waals surface area contributed by atoms with Crippen molar-refractivity contribution in [2.75, 3.05) is 6.61 Å². The number of rotatable bonds is 4. The van der Waals surface area contributed by atoms with Crippen molar-refractivity contribution < 1.29 is 9.53 Å². The molecule has 0 heterocycles. The van der Waals surface area contributed by atoms with Gasteiger partial charge in [-0.3, -0.25) is 0 Å². The summed E-state index contributed by atoms with van der Waals surface area (Å²) < 4.78 is 5.33. The Hall–Kier alpha value is -2.61. The molecule has 0 fully saturated rings. The third-order valence-electron chi connectivity index (χ3n) is 5.54. The number of ether oxygens (including phenoxy) is 1. The van der Waals surface area contributed by atoms with Crippen LogP contribution >= 0.6 is 0 Å². The third-order valence-corrected chi connectivity index (χ3v) is 5.54. The van der Waals surface area contributed by atoms with Gasteiger partial charge in [0.05, 0.1) is 6.61 Å². The van der Waals surface area contributed by atoms with Crippen molar-refractivity contribution in [2.24, 2.45) is 0 Å². The van der Waals surface area contributed by atoms with E-state index >= 15 is 0 Å². The van der Waals surface area contributed by atoms with Gasteiger partial charge < -0.3 is 4.74 Å². The number of fused-ring (bicyclic) bond motifs is 5. The van der Waals surface area contributed by atoms with Crippen molar-refractivity contribution in [1.82, 2.24) is 0 Å². The summed E-state index contributed by atoms with van der Waals surface area (Å²) >= 11 is 0. The van der Waals surface area contributed by atoms with Crippen LogP contribution in [0.15, 0.2) is 60.7 Å². The predicted octanol–water partition coefficient (Wildman–Crippen LogP) is 5.92. The van der Waals surface area contributed by atoms with Gasteiger partial charge in [-0.15, -0.1) is 0 Å². The van der Waals surface area contributed by atoms with Gasteiger partial charge in [-0.25, -0.2) is 4.79 Å². The number of hydrogen-bond donors (Lipinski definition) is 0. The molecule has 0 radical (unpaired) electrons. The van der Waals surface area contributed by atoms with Gasteiger partial charge in [0.2, 0.25) is 0 Å². The van der Waals surface area contributed by atoms with E-state index in [1.165, 1.54) is 39.1 Å². The molecule has 3 aromatic rings. The van der Waals surface area contributed by atoms with Crippen LogP contribution in [0.4, 0.5) is 0 Å². The molecule has 1 aliphatic rings. The van der Waals surface area contributed by atoms with Crippen LogP contribution in [0.5, 0.6) is 0 Å². The molecule has 0 saturated carbocycles. The fourth-order valence-electron chi connectivity index (χ4n) is 4.23. The van der Waals surface area contributed by atoms with Crippen molar-refractivity contribution in [3.63, 3.8) is 0 Å². The van der Waals surface area contributed by atoms with E-state index in [0.29, 0.717) is 18.1 Å². The lowest BCUT2D eigenvalue weighted by atomic mass is 9.79. The molecule has 26 heavy (non-hydrogen) atoms. The van der Waals surface area contributed by atoms with Crippen LogP contribution in [0.1, 0.15) is 43.2 Å². The number of hydrogen-bond acceptors (Lipinski definition) is 2. The summed E-state index contributed by atoms with van der Waals surface area (Å²) in [5.74, 6) is 0.179. The van der Waals surface area contributed by atoms with Crippen LogP contribution in [-0.2, 0) is 16.0 Å². The zero-order chi connectivity index (χ0) is 18.1. The van der Waals surface area contributed by atoms with E-state index in [0.717, 1.165) is 19.3 Å². The largest absolute Gasteiger partial charge is 0.462 e. The van der Waals surface area contributed by atoms with E-state index in [2.05, 4.69) is 55.1 Å². The minimum Gasteiger partial charge on any atom is -0.462 e. The van der Waals surface area contributed by atoms with Crippen LogP contribution in [-0.4, -0.2) is 12.6 Å². The molecule has 2 nitrogen and oxygen atoms in total. The summed E-state index contributed by atoms with van der Waals surface area (Å²) in [5, 5.41) is 5.34. The third kappa shape index (κ3) is 3.01. The highest BCUT2D eigenvalue weighted by atomic mass is 16.5. The quantitative estimate of drug-likeness (QED) is 0.333. The average Bonchev–Trinajstić information content (AvgIpc) is 2.67. The van der Waals surface area contributed by atoms with Crippen LogP contribution in [0.25, 0.3) is 21.5 Å². The molecule has 132 valence electrons. The maximum atomic E-state index is 11.6. The highest BCUT2D eigenvalue weighted by molar-refractivity contribution is 6.08. The van der Waals surface area contributed by atoms with Gasteiger partial charge in [-0.1, -0.05) is 55.1 Å². The average molecular weight is 344 g/mol. The molecule has 2 heteroatoms. The molecular formula is C24H24O2. The molecule has 3 aromatic carbocycles. The van der Waals surface area contributed by atoms with Crippen molar-refractivity contribution in [1.29, 1.82) is 0 Å². The molecule has 0 N–H and O–H groups in total. The molecule has 0 spiro atoms. The summed E-state index contributed by atoms with van der Waals surface area (Å²) in [6, 6.07) is 17.7. The van der Waals surface area contributed by atoms with Crippen molar-refractivity contribution >= 4 is 27.5 Å². The van der Waals surface area contributed by atoms with Gasteiger partial charge >= 0.3 is 5.97 Å². The molecule has 0 bridgehead atoms. The Bertz CT molecular complexity index is 1000. The summed E-state index contributed by atoms with van der Waals surface area (Å²) in [6.45, 7) is 5.79. The van der Waals surface area contributed by atoms with Gasteiger partial charge in [0.15, 0.2) is 0 Å². The Morgan fingerprint density at radius 2 is 1.88 bits per heavy atom. The van der Waals surface area contributed by atoms with E-state index in [1.807, 2.05) is 0 Å². The number of carbonyl (C=O) groups excluding carboxylic acids is 1. The lowest BCUT2D eigenvalue weighted by Gasteiger charge is -2.27. The van der Waals surface area contributed by atoms with E-state index in [1.54, 1.807) is 6.92 Å². The van der Waals surface area contributed by atoms with Crippen molar-refractivity contribution in [2.45, 2.75) is 38.5 Å². The maximum absolute atomic E-state index is 11.6. The van der Waals surface area contributed by atoms with E-state index in [4.69, 9.17) is 4.74 Å². The molecule has 0 aromatic heterocycles. The summed E-state index contributed by atoms with van der Waals surface area (Å²) in [6.07, 6.45) is 4.37. The SMILES string of the molecule is C=C(C)C(=O)OCCC1CCCc2c1ccc1c2ccc2ccccc21. The van der Waals surface area contributed by atoms with Crippen LogP contribution in [0.2, 0.25) is 0 Å². The van der Waals surface area contributed by atoms with Crippen LogP contribution < -0.4 is 0 Å². The fourth-order valence-corrected chi connectivity index (χ4v) is 4.23. The fraction of sp³-hybridized carbons (Fsp3) is 0.292. The minimum absolute atomic E-state index is 0.286. The van der Waals surface area contributed by atoms with Gasteiger partial charge in [0.25, 0.3) is 0 Å². The molecule has 0 aliphatic heterocycles. The second kappa shape index (κ2) is 6.95. The standard InChI is InChI=1S/C24H24O2/c1-16(2)24(25)26-15-14-18-7-5-9-21-20(18)12-13-22-19-8-4-3-6-17(19)10-11-23(21)22/h3-4,6,8,10-13,18H,1,5,7,9,14-15H2,2H3.